The van der Waals surface area contributed by atoms with E-state index in [0.29, 0.717) is 37.0 Å². The summed E-state index contributed by atoms with van der Waals surface area (Å²) < 4.78 is 53.4. The van der Waals surface area contributed by atoms with Crippen molar-refractivity contribution in [3.05, 3.63) is 77.2 Å². The van der Waals surface area contributed by atoms with Crippen LogP contribution in [0.25, 0.3) is 0 Å². The van der Waals surface area contributed by atoms with Crippen LogP contribution in [-0.2, 0) is 26.9 Å². The first-order chi connectivity index (χ1) is 15.0. The topological polar surface area (TPSA) is 85.5 Å². The second kappa shape index (κ2) is 8.05. The van der Waals surface area contributed by atoms with Gasteiger partial charge in [0.2, 0.25) is 15.9 Å². The van der Waals surface area contributed by atoms with Crippen molar-refractivity contribution in [2.75, 3.05) is 17.5 Å². The molecule has 5 rings (SSSR count). The maximum atomic E-state index is 14.2. The van der Waals surface area contributed by atoms with E-state index < -0.39 is 27.6 Å². The minimum Gasteiger partial charge on any atom is -0.381 e. The Morgan fingerprint density at radius 3 is 2.61 bits per heavy atom. The number of halogens is 1. The number of nitrogens with zero attached hydrogens (tertiary/aromatic N) is 3. The van der Waals surface area contributed by atoms with E-state index in [4.69, 9.17) is 9.26 Å². The summed E-state index contributed by atoms with van der Waals surface area (Å²) in [6, 6.07) is 12.6. The van der Waals surface area contributed by atoms with Crippen LogP contribution < -0.4 is 4.31 Å². The molecule has 1 unspecified atom stereocenters. The molecule has 3 heterocycles. The third-order valence-corrected chi connectivity index (χ3v) is 7.57. The van der Waals surface area contributed by atoms with Gasteiger partial charge >= 0.3 is 0 Å². The SMILES string of the molecule is O=S(=O)(Cc1ccccc1F)N1c2ccccc2CC1c1noc(C2CCOCC2)n1. The number of hydrogen-bond donors (Lipinski definition) is 0. The number of anilines is 1. The zero-order valence-electron chi connectivity index (χ0n) is 16.8. The minimum absolute atomic E-state index is 0.113. The molecule has 3 aromatic rings. The molecule has 0 radical (unpaired) electrons. The number of hydrogen-bond acceptors (Lipinski definition) is 6. The first kappa shape index (κ1) is 20.1. The number of benzene rings is 2. The monoisotopic (exact) mass is 443 g/mol. The standard InChI is InChI=1S/C22H22FN3O4S/c23-18-7-3-1-6-17(18)14-31(27,28)26-19-8-4-2-5-16(19)13-20(26)21-24-22(30-25-21)15-9-11-29-12-10-15/h1-8,15,20H,9-14H2. The van der Waals surface area contributed by atoms with Gasteiger partial charge in [0.25, 0.3) is 0 Å². The van der Waals surface area contributed by atoms with E-state index in [1.54, 1.807) is 18.2 Å². The first-order valence-electron chi connectivity index (χ1n) is 10.3. The molecule has 0 bridgehead atoms. The summed E-state index contributed by atoms with van der Waals surface area (Å²) in [5, 5.41) is 4.14. The normalized spacial score (nSPS) is 19.5. The molecule has 0 amide bonds. The second-order valence-electron chi connectivity index (χ2n) is 7.87. The van der Waals surface area contributed by atoms with Crippen molar-refractivity contribution in [1.82, 2.24) is 10.1 Å². The zero-order chi connectivity index (χ0) is 21.4. The molecule has 0 aliphatic carbocycles. The van der Waals surface area contributed by atoms with Gasteiger partial charge in [0.15, 0.2) is 5.82 Å². The van der Waals surface area contributed by atoms with E-state index in [9.17, 15) is 12.8 Å². The van der Waals surface area contributed by atoms with Crippen LogP contribution in [0.15, 0.2) is 53.1 Å². The number of aromatic nitrogens is 2. The van der Waals surface area contributed by atoms with Gasteiger partial charge in [-0.05, 0) is 30.5 Å². The van der Waals surface area contributed by atoms with E-state index in [1.165, 1.54) is 22.5 Å². The highest BCUT2D eigenvalue weighted by Gasteiger charge is 2.41. The van der Waals surface area contributed by atoms with E-state index >= 15 is 0 Å². The quantitative estimate of drug-likeness (QED) is 0.597. The molecule has 7 nitrogen and oxygen atoms in total. The third kappa shape index (κ3) is 3.83. The average molecular weight is 444 g/mol. The second-order valence-corrected chi connectivity index (χ2v) is 9.72. The van der Waals surface area contributed by atoms with Gasteiger partial charge in [0, 0.05) is 31.1 Å². The highest BCUT2D eigenvalue weighted by Crippen LogP contribution is 2.42. The van der Waals surface area contributed by atoms with Gasteiger partial charge in [-0.15, -0.1) is 0 Å². The molecule has 1 fully saturated rings. The molecule has 1 aromatic heterocycles. The van der Waals surface area contributed by atoms with E-state index in [1.807, 2.05) is 12.1 Å². The number of fused-ring (bicyclic) bond motifs is 1. The summed E-state index contributed by atoms with van der Waals surface area (Å²) in [6.45, 7) is 1.28. The molecular weight excluding hydrogens is 421 g/mol. The van der Waals surface area contributed by atoms with Crippen LogP contribution >= 0.6 is 0 Å². The highest BCUT2D eigenvalue weighted by atomic mass is 32.2. The predicted octanol–water partition coefficient (Wildman–Crippen LogP) is 3.74. The van der Waals surface area contributed by atoms with Crippen molar-refractivity contribution < 1.29 is 22.1 Å². The molecule has 2 aliphatic heterocycles. The lowest BCUT2D eigenvalue weighted by molar-refractivity contribution is 0.0778. The lowest BCUT2D eigenvalue weighted by atomic mass is 10.0. The van der Waals surface area contributed by atoms with Gasteiger partial charge in [-0.2, -0.15) is 4.98 Å². The van der Waals surface area contributed by atoms with Gasteiger partial charge in [0.1, 0.15) is 11.9 Å². The molecule has 9 heteroatoms. The Kier molecular flexibility index (Phi) is 5.23. The van der Waals surface area contributed by atoms with Crippen molar-refractivity contribution >= 4 is 15.7 Å². The maximum Gasteiger partial charge on any atom is 0.240 e. The van der Waals surface area contributed by atoms with Crippen LogP contribution in [0.2, 0.25) is 0 Å². The molecule has 2 aliphatic rings. The summed E-state index contributed by atoms with van der Waals surface area (Å²) in [5.74, 6) is -0.0379. The Morgan fingerprint density at radius 2 is 1.81 bits per heavy atom. The van der Waals surface area contributed by atoms with Crippen LogP contribution in [0.1, 0.15) is 47.6 Å². The fraction of sp³-hybridized carbons (Fsp3) is 0.364. The Hall–Kier alpha value is -2.78. The van der Waals surface area contributed by atoms with Crippen molar-refractivity contribution in [3.8, 4) is 0 Å². The summed E-state index contributed by atoms with van der Waals surface area (Å²) in [7, 11) is -3.91. The minimum atomic E-state index is -3.91. The Bertz CT molecular complexity index is 1190. The Labute approximate surface area is 179 Å². The number of ether oxygens (including phenoxy) is 1. The van der Waals surface area contributed by atoms with Crippen LogP contribution in [0.5, 0.6) is 0 Å². The molecule has 0 N–H and O–H groups in total. The van der Waals surface area contributed by atoms with Gasteiger partial charge in [0.05, 0.1) is 11.4 Å². The van der Waals surface area contributed by atoms with Crippen molar-refractivity contribution in [2.45, 2.75) is 37.0 Å². The van der Waals surface area contributed by atoms with Crippen LogP contribution in [0, 0.1) is 5.82 Å². The van der Waals surface area contributed by atoms with Gasteiger partial charge in [-0.3, -0.25) is 4.31 Å². The summed E-state index contributed by atoms with van der Waals surface area (Å²) in [6.07, 6.45) is 2.02. The van der Waals surface area contributed by atoms with Crippen LogP contribution in [-0.4, -0.2) is 31.8 Å². The highest BCUT2D eigenvalue weighted by molar-refractivity contribution is 7.92. The van der Waals surface area contributed by atoms with Gasteiger partial charge in [-0.1, -0.05) is 41.6 Å². The third-order valence-electron chi connectivity index (χ3n) is 5.85. The summed E-state index contributed by atoms with van der Waals surface area (Å²) >= 11 is 0. The molecule has 1 atom stereocenters. The molecule has 162 valence electrons. The molecule has 0 spiro atoms. The fourth-order valence-electron chi connectivity index (χ4n) is 4.27. The fourth-order valence-corrected chi connectivity index (χ4v) is 6.07. The van der Waals surface area contributed by atoms with E-state index in [-0.39, 0.29) is 11.5 Å². The average Bonchev–Trinajstić information content (AvgIpc) is 3.41. The first-order valence-corrected chi connectivity index (χ1v) is 11.9. The number of rotatable bonds is 5. The smallest absolute Gasteiger partial charge is 0.240 e. The molecule has 0 saturated carbocycles. The molecule has 31 heavy (non-hydrogen) atoms. The Morgan fingerprint density at radius 1 is 1.06 bits per heavy atom. The molecule has 1 saturated heterocycles. The lowest BCUT2D eigenvalue weighted by Gasteiger charge is -2.25. The van der Waals surface area contributed by atoms with Gasteiger partial charge in [-0.25, -0.2) is 12.8 Å². The molecule has 2 aromatic carbocycles. The maximum absolute atomic E-state index is 14.2. The van der Waals surface area contributed by atoms with E-state index in [0.717, 1.165) is 18.4 Å². The van der Waals surface area contributed by atoms with Gasteiger partial charge < -0.3 is 9.26 Å². The molecular formula is C22H22FN3O4S. The van der Waals surface area contributed by atoms with Crippen molar-refractivity contribution in [3.63, 3.8) is 0 Å². The number of para-hydroxylation sites is 1. The summed E-state index contributed by atoms with van der Waals surface area (Å²) in [4.78, 5) is 4.57. The number of sulfonamides is 1. The summed E-state index contributed by atoms with van der Waals surface area (Å²) in [5.41, 5.74) is 1.57. The largest absolute Gasteiger partial charge is 0.381 e. The lowest BCUT2D eigenvalue weighted by Crippen LogP contribution is -2.34. The predicted molar refractivity (Wildman–Crippen MR) is 111 cm³/mol. The van der Waals surface area contributed by atoms with Crippen LogP contribution in [0.3, 0.4) is 0 Å². The van der Waals surface area contributed by atoms with Crippen molar-refractivity contribution in [2.24, 2.45) is 0 Å². The Balaban J connectivity index is 1.50. The van der Waals surface area contributed by atoms with Crippen molar-refractivity contribution in [1.29, 1.82) is 0 Å². The van der Waals surface area contributed by atoms with Crippen LogP contribution in [0.4, 0.5) is 10.1 Å². The van der Waals surface area contributed by atoms with E-state index in [2.05, 4.69) is 10.1 Å². The zero-order valence-corrected chi connectivity index (χ0v) is 17.6.